The van der Waals surface area contributed by atoms with Crippen LogP contribution in [0, 0.1) is 6.92 Å². The number of carbonyl (C=O) groups excluding carboxylic acids is 1. The third kappa shape index (κ3) is 2.40. The van der Waals surface area contributed by atoms with Crippen LogP contribution in [0.1, 0.15) is 44.9 Å². The minimum atomic E-state index is -0.262. The predicted octanol–water partition coefficient (Wildman–Crippen LogP) is 3.20. The molecule has 1 aliphatic rings. The first-order valence-corrected chi connectivity index (χ1v) is 7.26. The molecule has 16 heavy (non-hydrogen) atoms. The standard InChI is InChI=1S/C11H15NO2S2/c1-7-9(11(13)14-2)16-10(12-7)8-5-3-4-6-15-8/h8H,3-6H2,1-2H3. The van der Waals surface area contributed by atoms with Crippen LogP contribution in [0.5, 0.6) is 0 Å². The molecule has 0 amide bonds. The summed E-state index contributed by atoms with van der Waals surface area (Å²) in [5, 5.41) is 1.57. The Hall–Kier alpha value is -0.550. The molecule has 0 radical (unpaired) electrons. The van der Waals surface area contributed by atoms with Crippen LogP contribution in [-0.4, -0.2) is 23.8 Å². The van der Waals surface area contributed by atoms with Crippen LogP contribution in [0.15, 0.2) is 0 Å². The lowest BCUT2D eigenvalue weighted by molar-refractivity contribution is 0.0605. The van der Waals surface area contributed by atoms with Crippen molar-refractivity contribution in [3.63, 3.8) is 0 Å². The Balaban J connectivity index is 2.19. The molecule has 1 aromatic rings. The highest BCUT2D eigenvalue weighted by Crippen LogP contribution is 2.40. The fourth-order valence-corrected chi connectivity index (χ4v) is 4.31. The molecule has 1 fully saturated rings. The molecule has 2 heterocycles. The molecule has 0 saturated carbocycles. The first kappa shape index (κ1) is 11.9. The van der Waals surface area contributed by atoms with Crippen LogP contribution >= 0.6 is 23.1 Å². The molecule has 1 aliphatic heterocycles. The molecule has 0 aliphatic carbocycles. The van der Waals surface area contributed by atoms with Crippen molar-refractivity contribution < 1.29 is 9.53 Å². The van der Waals surface area contributed by atoms with Crippen LogP contribution < -0.4 is 0 Å². The lowest BCUT2D eigenvalue weighted by atomic mass is 10.2. The molecule has 0 bridgehead atoms. The molecular formula is C11H15NO2S2. The van der Waals surface area contributed by atoms with Crippen molar-refractivity contribution >= 4 is 29.1 Å². The predicted molar refractivity (Wildman–Crippen MR) is 67.2 cm³/mol. The van der Waals surface area contributed by atoms with Gasteiger partial charge in [0.2, 0.25) is 0 Å². The summed E-state index contributed by atoms with van der Waals surface area (Å²) in [5.41, 5.74) is 0.804. The molecule has 0 spiro atoms. The van der Waals surface area contributed by atoms with Gasteiger partial charge in [0, 0.05) is 0 Å². The van der Waals surface area contributed by atoms with Gasteiger partial charge in [-0.1, -0.05) is 6.42 Å². The second-order valence-corrected chi connectivity index (χ2v) is 6.15. The van der Waals surface area contributed by atoms with Gasteiger partial charge in [0.05, 0.1) is 18.1 Å². The number of thiazole rings is 1. The van der Waals surface area contributed by atoms with E-state index < -0.39 is 0 Å². The third-order valence-electron chi connectivity index (χ3n) is 2.64. The molecule has 3 nitrogen and oxygen atoms in total. The number of rotatable bonds is 2. The zero-order valence-corrected chi connectivity index (χ0v) is 11.1. The summed E-state index contributed by atoms with van der Waals surface area (Å²) < 4.78 is 4.74. The fourth-order valence-electron chi connectivity index (χ4n) is 1.77. The number of aryl methyl sites for hydroxylation is 1. The SMILES string of the molecule is COC(=O)c1sc(C2CCCCS2)nc1C. The van der Waals surface area contributed by atoms with Crippen LogP contribution in [0.4, 0.5) is 0 Å². The van der Waals surface area contributed by atoms with E-state index in [0.717, 1.165) is 10.7 Å². The number of aromatic nitrogens is 1. The average molecular weight is 257 g/mol. The molecule has 0 N–H and O–H groups in total. The highest BCUT2D eigenvalue weighted by atomic mass is 32.2. The quantitative estimate of drug-likeness (QED) is 0.763. The minimum Gasteiger partial charge on any atom is -0.465 e. The van der Waals surface area contributed by atoms with Crippen LogP contribution in [0.3, 0.4) is 0 Å². The number of ether oxygens (including phenoxy) is 1. The van der Waals surface area contributed by atoms with Gasteiger partial charge < -0.3 is 4.74 Å². The number of hydrogen-bond acceptors (Lipinski definition) is 5. The Morgan fingerprint density at radius 2 is 2.31 bits per heavy atom. The summed E-state index contributed by atoms with van der Waals surface area (Å²) in [6, 6.07) is 0. The van der Waals surface area contributed by atoms with Gasteiger partial charge in [-0.05, 0) is 25.5 Å². The lowest BCUT2D eigenvalue weighted by Crippen LogP contribution is -2.01. The van der Waals surface area contributed by atoms with E-state index in [9.17, 15) is 4.79 Å². The normalized spacial score (nSPS) is 20.8. The van der Waals surface area contributed by atoms with Crippen molar-refractivity contribution in [3.8, 4) is 0 Å². The van der Waals surface area contributed by atoms with Gasteiger partial charge in [-0.15, -0.1) is 11.3 Å². The topological polar surface area (TPSA) is 39.2 Å². The van der Waals surface area contributed by atoms with Crippen molar-refractivity contribution in [2.75, 3.05) is 12.9 Å². The highest BCUT2D eigenvalue weighted by molar-refractivity contribution is 7.99. The van der Waals surface area contributed by atoms with Crippen molar-refractivity contribution in [1.82, 2.24) is 4.98 Å². The lowest BCUT2D eigenvalue weighted by Gasteiger charge is -2.18. The van der Waals surface area contributed by atoms with E-state index in [-0.39, 0.29) is 5.97 Å². The zero-order chi connectivity index (χ0) is 11.5. The van der Waals surface area contributed by atoms with Gasteiger partial charge in [0.15, 0.2) is 0 Å². The Bertz CT molecular complexity index is 383. The largest absolute Gasteiger partial charge is 0.465 e. The molecule has 5 heteroatoms. The van der Waals surface area contributed by atoms with Gasteiger partial charge >= 0.3 is 5.97 Å². The van der Waals surface area contributed by atoms with E-state index in [2.05, 4.69) is 4.98 Å². The second-order valence-electron chi connectivity index (χ2n) is 3.81. The van der Waals surface area contributed by atoms with Gasteiger partial charge in [-0.3, -0.25) is 0 Å². The maximum Gasteiger partial charge on any atom is 0.349 e. The number of carbonyl (C=O) groups is 1. The van der Waals surface area contributed by atoms with Gasteiger partial charge in [0.25, 0.3) is 0 Å². The third-order valence-corrected chi connectivity index (χ3v) is 5.43. The summed E-state index contributed by atoms with van der Waals surface area (Å²) in [6.07, 6.45) is 3.75. The minimum absolute atomic E-state index is 0.262. The molecular weight excluding hydrogens is 242 g/mol. The van der Waals surface area contributed by atoms with E-state index in [1.807, 2.05) is 18.7 Å². The summed E-state index contributed by atoms with van der Waals surface area (Å²) in [5.74, 6) is 0.943. The van der Waals surface area contributed by atoms with Gasteiger partial charge in [-0.25, -0.2) is 9.78 Å². The molecule has 1 aromatic heterocycles. The molecule has 88 valence electrons. The molecule has 1 unspecified atom stereocenters. The maximum atomic E-state index is 11.5. The van der Waals surface area contributed by atoms with Crippen LogP contribution in [0.25, 0.3) is 0 Å². The maximum absolute atomic E-state index is 11.5. The second kappa shape index (κ2) is 5.19. The Morgan fingerprint density at radius 3 is 2.94 bits per heavy atom. The molecule has 0 aromatic carbocycles. The van der Waals surface area contributed by atoms with E-state index in [1.54, 1.807) is 0 Å². The molecule has 1 atom stereocenters. The first-order valence-electron chi connectivity index (χ1n) is 5.39. The summed E-state index contributed by atoms with van der Waals surface area (Å²) in [6.45, 7) is 1.87. The van der Waals surface area contributed by atoms with Gasteiger partial charge in [-0.2, -0.15) is 11.8 Å². The summed E-state index contributed by atoms with van der Waals surface area (Å²) in [7, 11) is 1.41. The van der Waals surface area contributed by atoms with E-state index in [4.69, 9.17) is 4.74 Å². The van der Waals surface area contributed by atoms with E-state index in [0.29, 0.717) is 10.1 Å². The fraction of sp³-hybridized carbons (Fsp3) is 0.636. The number of methoxy groups -OCH3 is 1. The van der Waals surface area contributed by atoms with Crippen molar-refractivity contribution in [3.05, 3.63) is 15.6 Å². The van der Waals surface area contributed by atoms with Crippen LogP contribution in [0.2, 0.25) is 0 Å². The molecule has 2 rings (SSSR count). The number of nitrogens with zero attached hydrogens (tertiary/aromatic N) is 1. The van der Waals surface area contributed by atoms with Crippen molar-refractivity contribution in [1.29, 1.82) is 0 Å². The number of thioether (sulfide) groups is 1. The summed E-state index contributed by atoms with van der Waals surface area (Å²) >= 11 is 3.45. The number of esters is 1. The highest BCUT2D eigenvalue weighted by Gasteiger charge is 2.23. The summed E-state index contributed by atoms with van der Waals surface area (Å²) in [4.78, 5) is 16.6. The van der Waals surface area contributed by atoms with Crippen molar-refractivity contribution in [2.45, 2.75) is 31.4 Å². The number of hydrogen-bond donors (Lipinski definition) is 0. The smallest absolute Gasteiger partial charge is 0.349 e. The van der Waals surface area contributed by atoms with E-state index in [1.165, 1.54) is 43.5 Å². The van der Waals surface area contributed by atoms with Crippen molar-refractivity contribution in [2.24, 2.45) is 0 Å². The van der Waals surface area contributed by atoms with Gasteiger partial charge in [0.1, 0.15) is 9.88 Å². The Labute approximate surface area is 104 Å². The average Bonchev–Trinajstić information content (AvgIpc) is 2.71. The Kier molecular flexibility index (Phi) is 3.86. The van der Waals surface area contributed by atoms with Crippen LogP contribution in [-0.2, 0) is 4.74 Å². The van der Waals surface area contributed by atoms with E-state index >= 15 is 0 Å². The zero-order valence-electron chi connectivity index (χ0n) is 9.49. The Morgan fingerprint density at radius 1 is 1.50 bits per heavy atom. The first-order chi connectivity index (χ1) is 7.72. The monoisotopic (exact) mass is 257 g/mol. The molecule has 1 saturated heterocycles.